The molecule has 130 valence electrons. The molecule has 0 radical (unpaired) electrons. The second-order valence-electron chi connectivity index (χ2n) is 7.54. The van der Waals surface area contributed by atoms with Gasteiger partial charge in [-0.1, -0.05) is 49.4 Å². The van der Waals surface area contributed by atoms with Crippen LogP contribution in [0.15, 0.2) is 42.5 Å². The number of likely N-dealkylation sites (tertiary alicyclic amines) is 1. The van der Waals surface area contributed by atoms with Crippen molar-refractivity contribution in [2.24, 2.45) is 11.3 Å². The number of amides is 1. The Kier molecular flexibility index (Phi) is 5.40. The smallest absolute Gasteiger partial charge is 0.228 e. The van der Waals surface area contributed by atoms with E-state index in [2.05, 4.69) is 48.2 Å². The lowest BCUT2D eigenvalue weighted by molar-refractivity contribution is -0.146. The van der Waals surface area contributed by atoms with Gasteiger partial charge >= 0.3 is 0 Å². The molecule has 1 saturated heterocycles. The number of piperidine rings is 1. The van der Waals surface area contributed by atoms with Crippen LogP contribution in [0.25, 0.3) is 0 Å². The van der Waals surface area contributed by atoms with Crippen molar-refractivity contribution < 1.29 is 9.53 Å². The molecule has 1 amide bonds. The molecule has 1 aromatic carbocycles. The minimum absolute atomic E-state index is 0.216. The molecule has 1 aromatic rings. The third-order valence-electron chi connectivity index (χ3n) is 5.71. The lowest BCUT2D eigenvalue weighted by Crippen LogP contribution is -2.51. The molecule has 3 nitrogen and oxygen atoms in total. The first-order valence-corrected chi connectivity index (χ1v) is 9.13. The summed E-state index contributed by atoms with van der Waals surface area (Å²) in [5.74, 6) is 0.706. The second-order valence-corrected chi connectivity index (χ2v) is 7.54. The Balaban J connectivity index is 1.70. The van der Waals surface area contributed by atoms with Gasteiger partial charge in [0.2, 0.25) is 5.91 Å². The maximum atomic E-state index is 13.1. The molecular weight excluding hydrogens is 298 g/mol. The molecule has 0 spiro atoms. The monoisotopic (exact) mass is 327 g/mol. The van der Waals surface area contributed by atoms with Crippen molar-refractivity contribution in [2.75, 3.05) is 20.2 Å². The highest BCUT2D eigenvalue weighted by Gasteiger charge is 2.40. The molecule has 1 aliphatic heterocycles. The predicted octanol–water partition coefficient (Wildman–Crippen LogP) is 3.84. The predicted molar refractivity (Wildman–Crippen MR) is 96.7 cm³/mol. The molecule has 1 aliphatic carbocycles. The molecule has 0 saturated carbocycles. The quantitative estimate of drug-likeness (QED) is 0.786. The molecule has 24 heavy (non-hydrogen) atoms. The second kappa shape index (κ2) is 7.52. The van der Waals surface area contributed by atoms with E-state index < -0.39 is 0 Å². The Morgan fingerprint density at radius 3 is 2.75 bits per heavy atom. The van der Waals surface area contributed by atoms with Crippen molar-refractivity contribution in [3.63, 3.8) is 0 Å². The van der Waals surface area contributed by atoms with Gasteiger partial charge in [-0.15, -0.1) is 0 Å². The van der Waals surface area contributed by atoms with Crippen LogP contribution in [0.3, 0.4) is 0 Å². The maximum Gasteiger partial charge on any atom is 0.228 e. The number of ether oxygens (including phenoxy) is 1. The normalized spacial score (nSPS) is 30.3. The summed E-state index contributed by atoms with van der Waals surface area (Å²) < 4.78 is 5.73. The third-order valence-corrected chi connectivity index (χ3v) is 5.71. The Labute approximate surface area is 145 Å². The number of hydrogen-bond acceptors (Lipinski definition) is 2. The number of nitrogens with zero attached hydrogens (tertiary/aromatic N) is 1. The third kappa shape index (κ3) is 3.72. The summed E-state index contributed by atoms with van der Waals surface area (Å²) in [6.07, 6.45) is 9.38. The van der Waals surface area contributed by atoms with E-state index in [9.17, 15) is 4.79 Å². The molecule has 1 fully saturated rings. The van der Waals surface area contributed by atoms with Crippen molar-refractivity contribution in [3.05, 3.63) is 48.0 Å². The summed E-state index contributed by atoms with van der Waals surface area (Å²) >= 11 is 0. The van der Waals surface area contributed by atoms with Gasteiger partial charge in [0.15, 0.2) is 0 Å². The first-order chi connectivity index (χ1) is 11.6. The molecule has 0 aromatic heterocycles. The van der Waals surface area contributed by atoms with Crippen LogP contribution in [0.4, 0.5) is 0 Å². The SMILES string of the molecule is CO[C@@H]1CCN(C(=O)[C@@]2(C)CC=CCC2)C[C@H]1Cc1ccccc1. The summed E-state index contributed by atoms with van der Waals surface area (Å²) in [4.78, 5) is 15.2. The van der Waals surface area contributed by atoms with Gasteiger partial charge < -0.3 is 9.64 Å². The number of carbonyl (C=O) groups excluding carboxylic acids is 1. The molecular formula is C21H29NO2. The largest absolute Gasteiger partial charge is 0.381 e. The number of methoxy groups -OCH3 is 1. The Morgan fingerprint density at radius 2 is 2.08 bits per heavy atom. The van der Waals surface area contributed by atoms with Gasteiger partial charge in [0.25, 0.3) is 0 Å². The van der Waals surface area contributed by atoms with Crippen LogP contribution in [0.2, 0.25) is 0 Å². The van der Waals surface area contributed by atoms with Crippen LogP contribution < -0.4 is 0 Å². The number of benzene rings is 1. The number of hydrogen-bond donors (Lipinski definition) is 0. The summed E-state index contributed by atoms with van der Waals surface area (Å²) in [6, 6.07) is 10.5. The van der Waals surface area contributed by atoms with Crippen molar-refractivity contribution in [2.45, 2.75) is 45.1 Å². The fraction of sp³-hybridized carbons (Fsp3) is 0.571. The van der Waals surface area contributed by atoms with Gasteiger partial charge in [-0.2, -0.15) is 0 Å². The van der Waals surface area contributed by atoms with E-state index in [0.717, 1.165) is 45.2 Å². The number of carbonyl (C=O) groups is 1. The molecule has 2 aliphatic rings. The number of allylic oxidation sites excluding steroid dienone is 2. The molecule has 0 bridgehead atoms. The minimum atomic E-state index is -0.216. The van der Waals surface area contributed by atoms with E-state index in [-0.39, 0.29) is 11.5 Å². The first-order valence-electron chi connectivity index (χ1n) is 9.13. The first kappa shape index (κ1) is 17.2. The Bertz CT molecular complexity index is 583. The van der Waals surface area contributed by atoms with Crippen molar-refractivity contribution >= 4 is 5.91 Å². The summed E-state index contributed by atoms with van der Waals surface area (Å²) in [5, 5.41) is 0. The molecule has 0 unspecified atom stereocenters. The van der Waals surface area contributed by atoms with Crippen LogP contribution in [-0.4, -0.2) is 37.1 Å². The molecule has 3 atom stereocenters. The number of rotatable bonds is 4. The van der Waals surface area contributed by atoms with Gasteiger partial charge in [0, 0.05) is 26.1 Å². The lowest BCUT2D eigenvalue weighted by Gasteiger charge is -2.42. The van der Waals surface area contributed by atoms with E-state index >= 15 is 0 Å². The molecule has 3 rings (SSSR count). The van der Waals surface area contributed by atoms with Crippen molar-refractivity contribution in [1.29, 1.82) is 0 Å². The van der Waals surface area contributed by atoms with Crippen LogP contribution in [0.5, 0.6) is 0 Å². The summed E-state index contributed by atoms with van der Waals surface area (Å²) in [5.41, 5.74) is 1.11. The van der Waals surface area contributed by atoms with Crippen LogP contribution in [-0.2, 0) is 16.0 Å². The van der Waals surface area contributed by atoms with Crippen molar-refractivity contribution in [3.8, 4) is 0 Å². The fourth-order valence-corrected chi connectivity index (χ4v) is 4.16. The highest BCUT2D eigenvalue weighted by Crippen LogP contribution is 2.36. The van der Waals surface area contributed by atoms with Crippen LogP contribution in [0.1, 0.15) is 38.2 Å². The fourth-order valence-electron chi connectivity index (χ4n) is 4.16. The van der Waals surface area contributed by atoms with Gasteiger partial charge in [-0.3, -0.25) is 4.79 Å². The highest BCUT2D eigenvalue weighted by atomic mass is 16.5. The topological polar surface area (TPSA) is 29.5 Å². The minimum Gasteiger partial charge on any atom is -0.381 e. The molecule has 3 heteroatoms. The zero-order valence-electron chi connectivity index (χ0n) is 14.9. The van der Waals surface area contributed by atoms with Gasteiger partial charge in [0.05, 0.1) is 11.5 Å². The van der Waals surface area contributed by atoms with Gasteiger partial charge in [0.1, 0.15) is 0 Å². The van der Waals surface area contributed by atoms with Crippen LogP contribution in [0, 0.1) is 11.3 Å². The van der Waals surface area contributed by atoms with E-state index in [1.807, 2.05) is 6.07 Å². The summed E-state index contributed by atoms with van der Waals surface area (Å²) in [6.45, 7) is 3.76. The van der Waals surface area contributed by atoms with Crippen molar-refractivity contribution in [1.82, 2.24) is 4.90 Å². The highest BCUT2D eigenvalue weighted by molar-refractivity contribution is 5.83. The Hall–Kier alpha value is -1.61. The summed E-state index contributed by atoms with van der Waals surface area (Å²) in [7, 11) is 1.80. The zero-order chi connectivity index (χ0) is 17.0. The van der Waals surface area contributed by atoms with E-state index in [1.165, 1.54) is 5.56 Å². The maximum absolute atomic E-state index is 13.1. The van der Waals surface area contributed by atoms with Crippen LogP contribution >= 0.6 is 0 Å². The average molecular weight is 327 g/mol. The Morgan fingerprint density at radius 1 is 1.29 bits per heavy atom. The zero-order valence-corrected chi connectivity index (χ0v) is 14.9. The van der Waals surface area contributed by atoms with E-state index in [4.69, 9.17) is 4.74 Å². The van der Waals surface area contributed by atoms with Gasteiger partial charge in [-0.25, -0.2) is 0 Å². The lowest BCUT2D eigenvalue weighted by atomic mass is 9.77. The molecule has 1 heterocycles. The standard InChI is InChI=1S/C21H29NO2/c1-21(12-7-4-8-13-21)20(23)22-14-11-19(24-2)18(16-22)15-17-9-5-3-6-10-17/h3-7,9-10,18-19H,8,11-16H2,1-2H3/t18-,19-,21+/m1/s1. The average Bonchev–Trinajstić information content (AvgIpc) is 2.62. The van der Waals surface area contributed by atoms with Gasteiger partial charge in [-0.05, 0) is 37.7 Å². The van der Waals surface area contributed by atoms with E-state index in [0.29, 0.717) is 11.8 Å². The van der Waals surface area contributed by atoms with E-state index in [1.54, 1.807) is 7.11 Å². The molecule has 0 N–H and O–H groups in total.